The Morgan fingerprint density at radius 3 is 2.89 bits per heavy atom. The summed E-state index contributed by atoms with van der Waals surface area (Å²) in [6.45, 7) is 2.53. The number of hydrogen-bond donors (Lipinski definition) is 3. The highest BCUT2D eigenvalue weighted by Crippen LogP contribution is 2.23. The Balaban J connectivity index is 2.06. The summed E-state index contributed by atoms with van der Waals surface area (Å²) in [5.74, 6) is 0.120. The Hall–Kier alpha value is -1.92. The first-order chi connectivity index (χ1) is 8.72. The largest absolute Gasteiger partial charge is 0.506 e. The van der Waals surface area contributed by atoms with Crippen LogP contribution in [0.1, 0.15) is 22.5 Å². The van der Waals surface area contributed by atoms with E-state index in [1.807, 2.05) is 0 Å². The first-order valence-electron chi connectivity index (χ1n) is 5.59. The molecular weight excluding hydrogens is 234 g/mol. The van der Waals surface area contributed by atoms with Crippen molar-refractivity contribution in [3.63, 3.8) is 0 Å². The van der Waals surface area contributed by atoms with E-state index in [1.165, 1.54) is 6.26 Å². The van der Waals surface area contributed by atoms with Crippen LogP contribution >= 0.6 is 0 Å². The Morgan fingerprint density at radius 1 is 1.39 bits per heavy atom. The number of aryl methyl sites for hydroxylation is 1. The van der Waals surface area contributed by atoms with Crippen LogP contribution in [-0.4, -0.2) is 20.4 Å². The zero-order chi connectivity index (χ0) is 13.0. The quantitative estimate of drug-likeness (QED) is 0.728. The first kappa shape index (κ1) is 12.5. The molecule has 2 aromatic heterocycles. The fraction of sp³-hybridized carbons (Fsp3) is 0.333. The van der Waals surface area contributed by atoms with Gasteiger partial charge in [-0.3, -0.25) is 4.98 Å². The van der Waals surface area contributed by atoms with Crippen molar-refractivity contribution >= 4 is 0 Å². The van der Waals surface area contributed by atoms with Gasteiger partial charge in [0.25, 0.3) is 0 Å². The number of aromatic hydroxyl groups is 1. The van der Waals surface area contributed by atoms with Gasteiger partial charge in [0.15, 0.2) is 0 Å². The average molecular weight is 249 g/mol. The van der Waals surface area contributed by atoms with E-state index < -0.39 is 0 Å². The van der Waals surface area contributed by atoms with Crippen molar-refractivity contribution in [3.8, 4) is 5.75 Å². The Bertz CT molecular complexity index is 512. The average Bonchev–Trinajstić information content (AvgIpc) is 2.88. The maximum atomic E-state index is 9.92. The smallest absolute Gasteiger partial charge is 0.141 e. The van der Waals surface area contributed by atoms with Crippen molar-refractivity contribution in [2.45, 2.75) is 26.6 Å². The topological polar surface area (TPSA) is 91.4 Å². The molecule has 0 aliphatic carbocycles. The van der Waals surface area contributed by atoms with Crippen LogP contribution in [0.3, 0.4) is 0 Å². The van der Waals surface area contributed by atoms with Crippen molar-refractivity contribution in [2.24, 2.45) is 0 Å². The minimum atomic E-state index is -0.151. The highest BCUT2D eigenvalue weighted by Gasteiger charge is 2.10. The molecule has 0 atom stereocenters. The molecule has 0 amide bonds. The van der Waals surface area contributed by atoms with E-state index in [2.05, 4.69) is 15.5 Å². The van der Waals surface area contributed by atoms with Crippen LogP contribution in [-0.2, 0) is 19.7 Å². The Labute approximate surface area is 104 Å². The van der Waals surface area contributed by atoms with Crippen molar-refractivity contribution in [2.75, 3.05) is 0 Å². The van der Waals surface area contributed by atoms with E-state index in [-0.39, 0.29) is 12.4 Å². The predicted octanol–water partition coefficient (Wildman–Crippen LogP) is 0.866. The first-order valence-corrected chi connectivity index (χ1v) is 5.59. The van der Waals surface area contributed by atoms with Crippen LogP contribution in [0.15, 0.2) is 23.0 Å². The second-order valence-corrected chi connectivity index (χ2v) is 3.95. The van der Waals surface area contributed by atoms with Crippen molar-refractivity contribution in [1.82, 2.24) is 15.5 Å². The molecule has 18 heavy (non-hydrogen) atoms. The van der Waals surface area contributed by atoms with Gasteiger partial charge in [0.05, 0.1) is 18.0 Å². The highest BCUT2D eigenvalue weighted by atomic mass is 16.5. The van der Waals surface area contributed by atoms with Crippen molar-refractivity contribution < 1.29 is 14.7 Å². The second-order valence-electron chi connectivity index (χ2n) is 3.95. The number of aliphatic hydroxyl groups is 1. The van der Waals surface area contributed by atoms with Gasteiger partial charge >= 0.3 is 0 Å². The van der Waals surface area contributed by atoms with Crippen LogP contribution in [0.25, 0.3) is 0 Å². The molecule has 2 rings (SSSR count). The lowest BCUT2D eigenvalue weighted by Crippen LogP contribution is -2.15. The number of hydrogen-bond acceptors (Lipinski definition) is 6. The lowest BCUT2D eigenvalue weighted by molar-refractivity contribution is 0.278. The number of nitrogens with one attached hydrogen (secondary N) is 1. The zero-order valence-electron chi connectivity index (χ0n) is 10.1. The molecule has 96 valence electrons. The van der Waals surface area contributed by atoms with Gasteiger partial charge in [-0.1, -0.05) is 5.16 Å². The minimum absolute atomic E-state index is 0.120. The zero-order valence-corrected chi connectivity index (χ0v) is 10.1. The normalized spacial score (nSPS) is 10.8. The molecule has 2 aromatic rings. The summed E-state index contributed by atoms with van der Waals surface area (Å²) >= 11 is 0. The molecule has 0 aliphatic heterocycles. The molecule has 0 saturated carbocycles. The molecule has 6 heteroatoms. The summed E-state index contributed by atoms with van der Waals surface area (Å²) in [7, 11) is 0. The summed E-state index contributed by atoms with van der Waals surface area (Å²) < 4.78 is 4.72. The van der Waals surface area contributed by atoms with Gasteiger partial charge < -0.3 is 20.1 Å². The molecule has 0 saturated heterocycles. The van der Waals surface area contributed by atoms with Crippen molar-refractivity contribution in [1.29, 1.82) is 0 Å². The van der Waals surface area contributed by atoms with E-state index in [0.29, 0.717) is 29.9 Å². The molecule has 2 heterocycles. The Kier molecular flexibility index (Phi) is 3.91. The van der Waals surface area contributed by atoms with Crippen molar-refractivity contribution in [3.05, 3.63) is 41.0 Å². The second kappa shape index (κ2) is 5.61. The molecule has 3 N–H and O–H groups in total. The molecule has 0 fully saturated rings. The lowest BCUT2D eigenvalue weighted by atomic mass is 10.1. The van der Waals surface area contributed by atoms with Gasteiger partial charge in [-0.15, -0.1) is 0 Å². The Morgan fingerprint density at radius 2 is 2.22 bits per heavy atom. The number of nitrogens with zero attached hydrogens (tertiary/aromatic N) is 2. The van der Waals surface area contributed by atoms with E-state index in [9.17, 15) is 10.2 Å². The molecule has 0 radical (unpaired) electrons. The third-order valence-electron chi connectivity index (χ3n) is 2.70. The standard InChI is InChI=1S/C12H15N3O3/c1-8-12(17)11(9(7-16)4-14-8)6-13-5-10-2-3-18-15-10/h2-4,13,16-17H,5-7H2,1H3. The van der Waals surface area contributed by atoms with Gasteiger partial charge in [-0.25, -0.2) is 0 Å². The van der Waals surface area contributed by atoms with E-state index >= 15 is 0 Å². The predicted molar refractivity (Wildman–Crippen MR) is 63.6 cm³/mol. The van der Waals surface area contributed by atoms with Crippen LogP contribution in [0.4, 0.5) is 0 Å². The fourth-order valence-electron chi connectivity index (χ4n) is 1.66. The molecule has 0 spiro atoms. The number of rotatable bonds is 5. The van der Waals surface area contributed by atoms with Crippen LogP contribution < -0.4 is 5.32 Å². The number of pyridine rings is 1. The molecule has 0 aliphatic rings. The van der Waals surface area contributed by atoms with Gasteiger partial charge in [0.2, 0.25) is 0 Å². The maximum absolute atomic E-state index is 9.92. The minimum Gasteiger partial charge on any atom is -0.506 e. The van der Waals surface area contributed by atoms with E-state index in [0.717, 1.165) is 5.69 Å². The summed E-state index contributed by atoms with van der Waals surface area (Å²) in [4.78, 5) is 4.00. The van der Waals surface area contributed by atoms with Gasteiger partial charge in [0, 0.05) is 36.5 Å². The number of aromatic nitrogens is 2. The summed E-state index contributed by atoms with van der Waals surface area (Å²) in [5, 5.41) is 26.0. The SMILES string of the molecule is Cc1ncc(CO)c(CNCc2ccon2)c1O. The fourth-order valence-corrected chi connectivity index (χ4v) is 1.66. The highest BCUT2D eigenvalue weighted by molar-refractivity contribution is 5.40. The van der Waals surface area contributed by atoms with Gasteiger partial charge in [-0.05, 0) is 6.92 Å². The van der Waals surface area contributed by atoms with Crippen LogP contribution in [0.5, 0.6) is 5.75 Å². The third-order valence-corrected chi connectivity index (χ3v) is 2.70. The van der Waals surface area contributed by atoms with Gasteiger partial charge in [0.1, 0.15) is 12.0 Å². The van der Waals surface area contributed by atoms with E-state index in [4.69, 9.17) is 4.52 Å². The molecule has 0 bridgehead atoms. The molecule has 6 nitrogen and oxygen atoms in total. The van der Waals surface area contributed by atoms with Crippen LogP contribution in [0.2, 0.25) is 0 Å². The summed E-state index contributed by atoms with van der Waals surface area (Å²) in [5.41, 5.74) is 2.61. The molecule has 0 unspecified atom stereocenters. The summed E-state index contributed by atoms with van der Waals surface area (Å²) in [6.07, 6.45) is 3.08. The lowest BCUT2D eigenvalue weighted by Gasteiger charge is -2.11. The molecule has 0 aromatic carbocycles. The monoisotopic (exact) mass is 249 g/mol. The third kappa shape index (κ3) is 2.66. The van der Waals surface area contributed by atoms with E-state index in [1.54, 1.807) is 19.2 Å². The van der Waals surface area contributed by atoms with Gasteiger partial charge in [-0.2, -0.15) is 0 Å². The summed E-state index contributed by atoms with van der Waals surface area (Å²) in [6, 6.07) is 1.76. The number of aliphatic hydroxyl groups excluding tert-OH is 1. The van der Waals surface area contributed by atoms with Crippen LogP contribution in [0, 0.1) is 6.92 Å². The molecular formula is C12H15N3O3. The maximum Gasteiger partial charge on any atom is 0.141 e.